The van der Waals surface area contributed by atoms with Crippen molar-refractivity contribution in [2.75, 3.05) is 0 Å². The number of ketones is 2. The Kier molecular flexibility index (Phi) is 13.1. The lowest BCUT2D eigenvalue weighted by Crippen LogP contribution is -1.95. The summed E-state index contributed by atoms with van der Waals surface area (Å²) in [4.78, 5) is 22.1. The van der Waals surface area contributed by atoms with Crippen molar-refractivity contribution in [1.82, 2.24) is 0 Å². The van der Waals surface area contributed by atoms with Crippen molar-refractivity contribution in [3.63, 3.8) is 0 Å². The summed E-state index contributed by atoms with van der Waals surface area (Å²) >= 11 is 0. The maximum atomic E-state index is 11.1. The number of carbonyl (C=O) groups excluding carboxylic acids is 2. The average Bonchev–Trinajstić information content (AvgIpc) is 2.73. The van der Waals surface area contributed by atoms with Crippen molar-refractivity contribution in [2.24, 2.45) is 5.92 Å². The maximum absolute atomic E-state index is 11.1. The molecule has 2 N–H and O–H groups in total. The van der Waals surface area contributed by atoms with Crippen molar-refractivity contribution in [2.45, 2.75) is 60.3 Å². The van der Waals surface area contributed by atoms with E-state index in [9.17, 15) is 19.8 Å². The number of phenols is 2. The van der Waals surface area contributed by atoms with Gasteiger partial charge in [-0.2, -0.15) is 0 Å². The first-order valence-corrected chi connectivity index (χ1v) is 9.94. The predicted molar refractivity (Wildman–Crippen MR) is 115 cm³/mol. The zero-order chi connectivity index (χ0) is 21.5. The zero-order valence-corrected chi connectivity index (χ0v) is 17.7. The number of rotatable bonds is 6. The van der Waals surface area contributed by atoms with E-state index in [1.165, 1.54) is 25.0 Å². The molecule has 0 radical (unpaired) electrons. The largest absolute Gasteiger partial charge is 0.507 e. The van der Waals surface area contributed by atoms with E-state index in [0.717, 1.165) is 5.92 Å². The summed E-state index contributed by atoms with van der Waals surface area (Å²) in [5, 5.41) is 18.4. The number of carbonyl (C=O) groups is 2. The summed E-state index contributed by atoms with van der Waals surface area (Å²) in [5.41, 5.74) is 0.824. The second-order valence-electron chi connectivity index (χ2n) is 6.51. The van der Waals surface area contributed by atoms with Gasteiger partial charge in [-0.3, -0.25) is 9.59 Å². The van der Waals surface area contributed by atoms with Gasteiger partial charge >= 0.3 is 0 Å². The molecule has 0 saturated carbocycles. The first-order valence-electron chi connectivity index (χ1n) is 9.94. The highest BCUT2D eigenvalue weighted by molar-refractivity contribution is 5.98. The molecule has 0 bridgehead atoms. The molecular weight excluding hydrogens is 352 g/mol. The van der Waals surface area contributed by atoms with Crippen LogP contribution in [0.1, 0.15) is 81.0 Å². The van der Waals surface area contributed by atoms with Crippen molar-refractivity contribution in [3.8, 4) is 11.5 Å². The molecule has 0 fully saturated rings. The van der Waals surface area contributed by atoms with Crippen LogP contribution in [0.2, 0.25) is 0 Å². The highest BCUT2D eigenvalue weighted by Crippen LogP contribution is 2.17. The van der Waals surface area contributed by atoms with Crippen LogP contribution in [0.3, 0.4) is 0 Å². The van der Waals surface area contributed by atoms with E-state index in [4.69, 9.17) is 0 Å². The van der Waals surface area contributed by atoms with E-state index in [-0.39, 0.29) is 23.1 Å². The van der Waals surface area contributed by atoms with Crippen molar-refractivity contribution >= 4 is 11.6 Å². The van der Waals surface area contributed by atoms with E-state index in [1.807, 2.05) is 0 Å². The van der Waals surface area contributed by atoms with Crippen LogP contribution < -0.4 is 0 Å². The Morgan fingerprint density at radius 3 is 1.25 bits per heavy atom. The molecule has 0 aliphatic carbocycles. The molecule has 2 aromatic rings. The monoisotopic (exact) mass is 386 g/mol. The number of benzene rings is 2. The molecule has 154 valence electrons. The minimum Gasteiger partial charge on any atom is -0.507 e. The van der Waals surface area contributed by atoms with Crippen LogP contribution in [0.15, 0.2) is 48.5 Å². The highest BCUT2D eigenvalue weighted by atomic mass is 16.3. The van der Waals surface area contributed by atoms with Gasteiger partial charge in [-0.25, -0.2) is 0 Å². The Hall–Kier alpha value is -2.62. The van der Waals surface area contributed by atoms with Gasteiger partial charge in [0.1, 0.15) is 11.5 Å². The van der Waals surface area contributed by atoms with E-state index < -0.39 is 0 Å². The maximum Gasteiger partial charge on any atom is 0.166 e. The van der Waals surface area contributed by atoms with Gasteiger partial charge in [-0.1, -0.05) is 71.7 Å². The predicted octanol–water partition coefficient (Wildman–Crippen LogP) is 6.41. The Morgan fingerprint density at radius 1 is 0.714 bits per heavy atom. The minimum absolute atomic E-state index is 0.0249. The molecule has 0 spiro atoms. The van der Waals surface area contributed by atoms with Gasteiger partial charge in [-0.15, -0.1) is 0 Å². The molecule has 0 atom stereocenters. The Morgan fingerprint density at radius 2 is 1.04 bits per heavy atom. The number of hydrogen-bond acceptors (Lipinski definition) is 4. The molecule has 0 aliphatic rings. The fourth-order valence-corrected chi connectivity index (χ4v) is 2.09. The third-order valence-corrected chi connectivity index (χ3v) is 4.44. The zero-order valence-electron chi connectivity index (χ0n) is 17.7. The highest BCUT2D eigenvalue weighted by Gasteiger charge is 2.06. The Labute approximate surface area is 169 Å². The molecule has 0 heterocycles. The Balaban J connectivity index is 0.000000411. The number of hydrogen-bond donors (Lipinski definition) is 2. The molecule has 0 aliphatic heterocycles. The molecule has 4 heteroatoms. The van der Waals surface area contributed by atoms with Gasteiger partial charge in [0, 0.05) is 12.8 Å². The lowest BCUT2D eigenvalue weighted by molar-refractivity contribution is 0.0977. The van der Waals surface area contributed by atoms with Gasteiger partial charge in [0.2, 0.25) is 0 Å². The smallest absolute Gasteiger partial charge is 0.166 e. The summed E-state index contributed by atoms with van der Waals surface area (Å²) in [5.74, 6) is 1.02. The SMILES string of the molecule is CCC(=O)c1ccccc1O.CCC(=O)c1ccccc1O.CCC(C)CC. The average molecular weight is 387 g/mol. The molecule has 0 saturated heterocycles. The number of para-hydroxylation sites is 2. The fourth-order valence-electron chi connectivity index (χ4n) is 2.09. The minimum atomic E-state index is -0.0249. The standard InChI is InChI=1S/2C9H10O2.C6H14/c2*1-2-8(10)7-5-3-4-6-9(7)11;1-4-6(3)5-2/h2*3-6,11H,2H2,1H3;6H,4-5H2,1-3H3. The third-order valence-electron chi connectivity index (χ3n) is 4.44. The summed E-state index contributed by atoms with van der Waals surface area (Å²) in [7, 11) is 0. The number of aromatic hydroxyl groups is 2. The molecule has 2 aromatic carbocycles. The van der Waals surface area contributed by atoms with Gasteiger partial charge in [-0.05, 0) is 30.2 Å². The molecule has 0 aromatic heterocycles. The fraction of sp³-hybridized carbons (Fsp3) is 0.417. The van der Waals surface area contributed by atoms with Crippen molar-refractivity contribution in [3.05, 3.63) is 59.7 Å². The van der Waals surface area contributed by atoms with Crippen molar-refractivity contribution in [1.29, 1.82) is 0 Å². The van der Waals surface area contributed by atoms with Gasteiger partial charge in [0.05, 0.1) is 11.1 Å². The van der Waals surface area contributed by atoms with Crippen LogP contribution in [0.25, 0.3) is 0 Å². The molecule has 0 unspecified atom stereocenters. The lowest BCUT2D eigenvalue weighted by atomic mass is 10.1. The molecule has 4 nitrogen and oxygen atoms in total. The second kappa shape index (κ2) is 14.4. The summed E-state index contributed by atoms with van der Waals surface area (Å²) < 4.78 is 0. The number of Topliss-reactive ketones (excluding diaryl/α,β-unsaturated/α-hetero) is 2. The summed E-state index contributed by atoms with van der Waals surface area (Å²) in [6.45, 7) is 10.3. The van der Waals surface area contributed by atoms with Crippen LogP contribution in [-0.4, -0.2) is 21.8 Å². The number of phenolic OH excluding ortho intramolecular Hbond substituents is 2. The van der Waals surface area contributed by atoms with Gasteiger partial charge in [0.15, 0.2) is 11.6 Å². The molecule has 28 heavy (non-hydrogen) atoms. The van der Waals surface area contributed by atoms with Gasteiger partial charge in [0.25, 0.3) is 0 Å². The summed E-state index contributed by atoms with van der Waals surface area (Å²) in [6.07, 6.45) is 3.52. The third kappa shape index (κ3) is 9.36. The van der Waals surface area contributed by atoms with E-state index in [1.54, 1.807) is 50.2 Å². The second-order valence-corrected chi connectivity index (χ2v) is 6.51. The molecule has 0 amide bonds. The van der Waals surface area contributed by atoms with Crippen LogP contribution in [-0.2, 0) is 0 Å². The van der Waals surface area contributed by atoms with Crippen LogP contribution >= 0.6 is 0 Å². The van der Waals surface area contributed by atoms with Gasteiger partial charge < -0.3 is 10.2 Å². The van der Waals surface area contributed by atoms with E-state index in [0.29, 0.717) is 24.0 Å². The van der Waals surface area contributed by atoms with Crippen LogP contribution in [0.5, 0.6) is 11.5 Å². The van der Waals surface area contributed by atoms with E-state index in [2.05, 4.69) is 20.8 Å². The molecular formula is C24H34O4. The quantitative estimate of drug-likeness (QED) is 0.562. The Bertz CT molecular complexity index is 661. The van der Waals surface area contributed by atoms with Crippen LogP contribution in [0.4, 0.5) is 0 Å². The normalized spacial score (nSPS) is 9.64. The summed E-state index contributed by atoms with van der Waals surface area (Å²) in [6, 6.07) is 13.2. The van der Waals surface area contributed by atoms with E-state index >= 15 is 0 Å². The van der Waals surface area contributed by atoms with Crippen LogP contribution in [0, 0.1) is 5.92 Å². The lowest BCUT2D eigenvalue weighted by Gasteiger charge is -1.99. The first kappa shape index (κ1) is 25.4. The first-order chi connectivity index (χ1) is 13.3. The topological polar surface area (TPSA) is 74.6 Å². The molecule has 2 rings (SSSR count). The van der Waals surface area contributed by atoms with Crippen molar-refractivity contribution < 1.29 is 19.8 Å².